The van der Waals surface area contributed by atoms with E-state index in [9.17, 15) is 4.79 Å². The number of carbonyl (C=O) groups is 1. The zero-order valence-corrected chi connectivity index (χ0v) is 16.1. The lowest BCUT2D eigenvalue weighted by Gasteiger charge is -2.17. The van der Waals surface area contributed by atoms with Gasteiger partial charge in [-0.1, -0.05) is 30.3 Å². The van der Waals surface area contributed by atoms with E-state index < -0.39 is 0 Å². The average Bonchev–Trinajstić information content (AvgIpc) is 3.11. The van der Waals surface area contributed by atoms with Crippen LogP contribution in [0.2, 0.25) is 0 Å². The molecule has 140 valence electrons. The van der Waals surface area contributed by atoms with Crippen LogP contribution in [0.1, 0.15) is 43.4 Å². The van der Waals surface area contributed by atoms with Gasteiger partial charge in [-0.3, -0.25) is 4.79 Å². The fourth-order valence-electron chi connectivity index (χ4n) is 3.20. The van der Waals surface area contributed by atoms with Crippen LogP contribution in [0.3, 0.4) is 0 Å². The van der Waals surface area contributed by atoms with E-state index >= 15 is 0 Å². The molecule has 0 bridgehead atoms. The van der Waals surface area contributed by atoms with Crippen molar-refractivity contribution >= 4 is 24.0 Å². The largest absolute Gasteiger partial charge is 0.486 e. The minimum Gasteiger partial charge on any atom is -0.486 e. The summed E-state index contributed by atoms with van der Waals surface area (Å²) in [5, 5.41) is 6.37. The quantitative estimate of drug-likeness (QED) is 0.774. The number of anilines is 1. The van der Waals surface area contributed by atoms with E-state index in [1.54, 1.807) is 0 Å². The standard InChI is InChI=1S/C21H26N2O2.ClH/c1-15-13-19(25-16(2)17-7-4-3-5-8-17)10-11-20(15)23-21(24)14-18-9-6-12-22-18;/h3-5,7-8,10-11,13,16,18,22H,6,9,12,14H2,1-2H3,(H,23,24);1H. The number of benzene rings is 2. The van der Waals surface area contributed by atoms with E-state index in [1.807, 2.05) is 50.2 Å². The highest BCUT2D eigenvalue weighted by Gasteiger charge is 2.18. The molecule has 0 radical (unpaired) electrons. The topological polar surface area (TPSA) is 50.4 Å². The molecular formula is C21H27ClN2O2. The third-order valence-corrected chi connectivity index (χ3v) is 4.65. The molecule has 2 N–H and O–H groups in total. The van der Waals surface area contributed by atoms with Gasteiger partial charge in [-0.25, -0.2) is 0 Å². The van der Waals surface area contributed by atoms with Gasteiger partial charge in [-0.2, -0.15) is 0 Å². The highest BCUT2D eigenvalue weighted by Crippen LogP contribution is 2.26. The van der Waals surface area contributed by atoms with Crippen molar-refractivity contribution in [3.05, 3.63) is 59.7 Å². The zero-order chi connectivity index (χ0) is 17.6. The van der Waals surface area contributed by atoms with Gasteiger partial charge >= 0.3 is 0 Å². The van der Waals surface area contributed by atoms with Gasteiger partial charge in [0.05, 0.1) is 0 Å². The molecule has 2 unspecified atom stereocenters. The second kappa shape index (κ2) is 9.60. The van der Waals surface area contributed by atoms with Crippen molar-refractivity contribution in [2.75, 3.05) is 11.9 Å². The van der Waals surface area contributed by atoms with Crippen molar-refractivity contribution in [3.8, 4) is 5.75 Å². The predicted octanol–water partition coefficient (Wildman–Crippen LogP) is 4.64. The molecule has 5 heteroatoms. The first-order valence-corrected chi connectivity index (χ1v) is 8.97. The third kappa shape index (κ3) is 5.48. The van der Waals surface area contributed by atoms with E-state index in [-0.39, 0.29) is 24.4 Å². The molecule has 1 saturated heterocycles. The summed E-state index contributed by atoms with van der Waals surface area (Å²) in [6.45, 7) is 5.04. The van der Waals surface area contributed by atoms with Gasteiger partial charge < -0.3 is 15.4 Å². The van der Waals surface area contributed by atoms with Crippen molar-refractivity contribution in [2.45, 2.75) is 45.3 Å². The van der Waals surface area contributed by atoms with Gasteiger partial charge in [-0.15, -0.1) is 12.4 Å². The number of hydrogen-bond donors (Lipinski definition) is 2. The van der Waals surface area contributed by atoms with Crippen molar-refractivity contribution in [1.29, 1.82) is 0 Å². The van der Waals surface area contributed by atoms with Gasteiger partial charge in [-0.05, 0) is 62.6 Å². The average molecular weight is 375 g/mol. The number of carbonyl (C=O) groups excluding carboxylic acids is 1. The maximum Gasteiger partial charge on any atom is 0.225 e. The van der Waals surface area contributed by atoms with E-state index in [0.717, 1.165) is 42.0 Å². The minimum absolute atomic E-state index is 0. The van der Waals surface area contributed by atoms with E-state index in [1.165, 1.54) is 0 Å². The van der Waals surface area contributed by atoms with Crippen molar-refractivity contribution in [3.63, 3.8) is 0 Å². The molecule has 2 atom stereocenters. The Hall–Kier alpha value is -2.04. The monoisotopic (exact) mass is 374 g/mol. The summed E-state index contributed by atoms with van der Waals surface area (Å²) in [6, 6.07) is 16.3. The number of halogens is 1. The molecule has 3 rings (SSSR count). The summed E-state index contributed by atoms with van der Waals surface area (Å²) in [7, 11) is 0. The molecular weight excluding hydrogens is 348 g/mol. The van der Waals surface area contributed by atoms with Crippen LogP contribution in [-0.2, 0) is 4.79 Å². The fourth-order valence-corrected chi connectivity index (χ4v) is 3.20. The summed E-state index contributed by atoms with van der Waals surface area (Å²) >= 11 is 0. The summed E-state index contributed by atoms with van der Waals surface area (Å²) < 4.78 is 6.03. The summed E-state index contributed by atoms with van der Waals surface area (Å²) in [5.74, 6) is 0.873. The molecule has 1 heterocycles. The number of nitrogens with one attached hydrogen (secondary N) is 2. The number of hydrogen-bond acceptors (Lipinski definition) is 3. The highest BCUT2D eigenvalue weighted by atomic mass is 35.5. The fraction of sp³-hybridized carbons (Fsp3) is 0.381. The molecule has 0 aromatic heterocycles. The van der Waals surface area contributed by atoms with Crippen LogP contribution in [0.25, 0.3) is 0 Å². The summed E-state index contributed by atoms with van der Waals surface area (Å²) in [6.07, 6.45) is 2.75. The van der Waals surface area contributed by atoms with Crippen LogP contribution < -0.4 is 15.4 Å². The first-order chi connectivity index (χ1) is 12.1. The Morgan fingerprint density at radius 1 is 1.27 bits per heavy atom. The Balaban J connectivity index is 0.00000243. The first kappa shape index (κ1) is 20.3. The van der Waals surface area contributed by atoms with E-state index in [4.69, 9.17) is 4.74 Å². The van der Waals surface area contributed by atoms with Crippen LogP contribution in [0.5, 0.6) is 5.75 Å². The molecule has 1 amide bonds. The van der Waals surface area contributed by atoms with Gasteiger partial charge in [0.25, 0.3) is 0 Å². The summed E-state index contributed by atoms with van der Waals surface area (Å²) in [4.78, 5) is 12.2. The lowest BCUT2D eigenvalue weighted by atomic mass is 10.1. The van der Waals surface area contributed by atoms with Crippen LogP contribution in [0.15, 0.2) is 48.5 Å². The van der Waals surface area contributed by atoms with Gasteiger partial charge in [0.1, 0.15) is 11.9 Å². The van der Waals surface area contributed by atoms with Crippen LogP contribution in [-0.4, -0.2) is 18.5 Å². The first-order valence-electron chi connectivity index (χ1n) is 8.97. The lowest BCUT2D eigenvalue weighted by Crippen LogP contribution is -2.27. The maximum atomic E-state index is 12.2. The maximum absolute atomic E-state index is 12.2. The molecule has 0 spiro atoms. The second-order valence-corrected chi connectivity index (χ2v) is 6.69. The smallest absolute Gasteiger partial charge is 0.225 e. The van der Waals surface area contributed by atoms with Crippen LogP contribution in [0.4, 0.5) is 5.69 Å². The Morgan fingerprint density at radius 2 is 2.04 bits per heavy atom. The Labute approximate surface area is 161 Å². The molecule has 4 nitrogen and oxygen atoms in total. The van der Waals surface area contributed by atoms with Gasteiger partial charge in [0, 0.05) is 18.2 Å². The van der Waals surface area contributed by atoms with Crippen molar-refractivity contribution in [2.24, 2.45) is 0 Å². The van der Waals surface area contributed by atoms with E-state index in [2.05, 4.69) is 22.8 Å². The number of aryl methyl sites for hydroxylation is 1. The Bertz CT molecular complexity index is 715. The Kier molecular flexibility index (Phi) is 7.49. The third-order valence-electron chi connectivity index (χ3n) is 4.65. The highest BCUT2D eigenvalue weighted by molar-refractivity contribution is 5.92. The molecule has 2 aromatic carbocycles. The minimum atomic E-state index is -0.0190. The van der Waals surface area contributed by atoms with Gasteiger partial charge in [0.2, 0.25) is 5.91 Å². The Morgan fingerprint density at radius 3 is 2.69 bits per heavy atom. The van der Waals surface area contributed by atoms with Crippen molar-refractivity contribution in [1.82, 2.24) is 5.32 Å². The van der Waals surface area contributed by atoms with Crippen LogP contribution >= 0.6 is 12.4 Å². The lowest BCUT2D eigenvalue weighted by molar-refractivity contribution is -0.116. The molecule has 0 aliphatic carbocycles. The number of rotatable bonds is 6. The molecule has 26 heavy (non-hydrogen) atoms. The van der Waals surface area contributed by atoms with E-state index in [0.29, 0.717) is 12.5 Å². The van der Waals surface area contributed by atoms with Crippen molar-refractivity contribution < 1.29 is 9.53 Å². The number of amides is 1. The zero-order valence-electron chi connectivity index (χ0n) is 15.3. The molecule has 2 aromatic rings. The normalized spacial score (nSPS) is 17.2. The predicted molar refractivity (Wildman–Crippen MR) is 108 cm³/mol. The molecule has 1 fully saturated rings. The summed E-state index contributed by atoms with van der Waals surface area (Å²) in [5.41, 5.74) is 3.00. The molecule has 1 aliphatic heterocycles. The number of ether oxygens (including phenoxy) is 1. The second-order valence-electron chi connectivity index (χ2n) is 6.69. The van der Waals surface area contributed by atoms with Crippen LogP contribution in [0, 0.1) is 6.92 Å². The molecule has 0 saturated carbocycles. The van der Waals surface area contributed by atoms with Gasteiger partial charge in [0.15, 0.2) is 0 Å². The molecule has 1 aliphatic rings. The SMILES string of the molecule is Cc1cc(OC(C)c2ccccc2)ccc1NC(=O)CC1CCCN1.Cl.